The lowest BCUT2D eigenvalue weighted by Crippen LogP contribution is -2.44. The Morgan fingerprint density at radius 1 is 1.00 bits per heavy atom. The van der Waals surface area contributed by atoms with Gasteiger partial charge in [-0.3, -0.25) is 9.36 Å². The van der Waals surface area contributed by atoms with Crippen molar-refractivity contribution in [3.8, 4) is 11.5 Å². The molecule has 196 valence electrons. The van der Waals surface area contributed by atoms with Crippen LogP contribution in [0.5, 0.6) is 11.5 Å². The molecule has 0 radical (unpaired) electrons. The maximum atomic E-state index is 13.3. The minimum absolute atomic E-state index is 0.00737. The SMILES string of the molecule is C[C@@H](Cn1c(=O)nc(Nc2ccc(Oc3cc(F)nc(F)c3)cc2)n(Cc2ccc(Cl)cc2)c1=O)C(=O)O. The summed E-state index contributed by atoms with van der Waals surface area (Å²) in [6.45, 7) is 1.03. The minimum Gasteiger partial charge on any atom is -0.481 e. The average Bonchev–Trinajstić information content (AvgIpc) is 2.85. The minimum atomic E-state index is -1.16. The van der Waals surface area contributed by atoms with Crippen molar-refractivity contribution in [1.82, 2.24) is 19.1 Å². The second-order valence-electron chi connectivity index (χ2n) is 8.26. The Bertz CT molecular complexity index is 1570. The number of carboxylic acids is 1. The summed E-state index contributed by atoms with van der Waals surface area (Å²) in [5, 5.41) is 12.6. The molecule has 1 atom stereocenters. The number of nitrogens with one attached hydrogen (secondary N) is 1. The fourth-order valence-electron chi connectivity index (χ4n) is 3.42. The highest BCUT2D eigenvalue weighted by Crippen LogP contribution is 2.25. The van der Waals surface area contributed by atoms with Gasteiger partial charge in [-0.2, -0.15) is 18.7 Å². The summed E-state index contributed by atoms with van der Waals surface area (Å²) in [6.07, 6.45) is 0. The number of aliphatic carboxylic acids is 1. The number of hydrogen-bond donors (Lipinski definition) is 2. The lowest BCUT2D eigenvalue weighted by molar-refractivity contribution is -0.141. The van der Waals surface area contributed by atoms with E-state index in [2.05, 4.69) is 15.3 Å². The molecule has 4 aromatic rings. The molecular weight excluding hydrogens is 524 g/mol. The van der Waals surface area contributed by atoms with Gasteiger partial charge in [-0.15, -0.1) is 0 Å². The molecule has 2 aromatic carbocycles. The number of rotatable bonds is 9. The van der Waals surface area contributed by atoms with Gasteiger partial charge in [0.05, 0.1) is 12.5 Å². The van der Waals surface area contributed by atoms with Gasteiger partial charge in [0.2, 0.25) is 17.8 Å². The summed E-state index contributed by atoms with van der Waals surface area (Å²) in [4.78, 5) is 44.2. The van der Waals surface area contributed by atoms with Crippen LogP contribution in [0.1, 0.15) is 12.5 Å². The van der Waals surface area contributed by atoms with Gasteiger partial charge in [-0.05, 0) is 42.0 Å². The first kappa shape index (κ1) is 26.5. The van der Waals surface area contributed by atoms with E-state index in [1.54, 1.807) is 36.4 Å². The van der Waals surface area contributed by atoms with Crippen LogP contribution in [0.25, 0.3) is 0 Å². The van der Waals surface area contributed by atoms with Gasteiger partial charge in [0.1, 0.15) is 11.5 Å². The Kier molecular flexibility index (Phi) is 7.82. The number of anilines is 2. The number of carbonyl (C=O) groups is 1. The van der Waals surface area contributed by atoms with Crippen molar-refractivity contribution >= 4 is 29.2 Å². The van der Waals surface area contributed by atoms with Crippen LogP contribution >= 0.6 is 11.6 Å². The quantitative estimate of drug-likeness (QED) is 0.303. The van der Waals surface area contributed by atoms with Crippen LogP contribution < -0.4 is 21.4 Å². The Morgan fingerprint density at radius 2 is 1.63 bits per heavy atom. The number of carboxylic acid groups (broad SMARTS) is 1. The van der Waals surface area contributed by atoms with Crippen molar-refractivity contribution in [2.75, 3.05) is 5.32 Å². The zero-order valence-electron chi connectivity index (χ0n) is 19.8. The standard InChI is InChI=1S/C25H20ClF2N5O5/c1-14(22(34)35)12-33-24(36)31-23(32(25(33)37)13-15-2-4-16(26)5-3-15)29-17-6-8-18(9-7-17)38-19-10-20(27)30-21(28)11-19/h2-11,14H,12-13H2,1H3,(H,34,35)(H,29,31,36)/t14-/m0/s1. The third kappa shape index (κ3) is 6.40. The fourth-order valence-corrected chi connectivity index (χ4v) is 3.55. The van der Waals surface area contributed by atoms with E-state index in [4.69, 9.17) is 16.3 Å². The van der Waals surface area contributed by atoms with E-state index in [0.29, 0.717) is 16.3 Å². The lowest BCUT2D eigenvalue weighted by Gasteiger charge is -2.17. The van der Waals surface area contributed by atoms with Gasteiger partial charge in [0.25, 0.3) is 0 Å². The van der Waals surface area contributed by atoms with Crippen LogP contribution in [0.15, 0.2) is 70.3 Å². The Labute approximate surface area is 218 Å². The van der Waals surface area contributed by atoms with Gasteiger partial charge in [-0.25, -0.2) is 14.2 Å². The molecule has 0 aliphatic carbocycles. The van der Waals surface area contributed by atoms with Gasteiger partial charge in [-0.1, -0.05) is 30.7 Å². The summed E-state index contributed by atoms with van der Waals surface area (Å²) in [7, 11) is 0. The Morgan fingerprint density at radius 3 is 2.24 bits per heavy atom. The predicted octanol–water partition coefficient (Wildman–Crippen LogP) is 4.04. The molecule has 2 aromatic heterocycles. The number of pyridine rings is 1. The Balaban J connectivity index is 1.65. The van der Waals surface area contributed by atoms with Crippen molar-refractivity contribution < 1.29 is 23.4 Å². The molecule has 0 aliphatic heterocycles. The van der Waals surface area contributed by atoms with E-state index < -0.39 is 35.2 Å². The Hall–Kier alpha value is -4.58. The first-order valence-electron chi connectivity index (χ1n) is 11.2. The van der Waals surface area contributed by atoms with Gasteiger partial charge >= 0.3 is 17.3 Å². The highest BCUT2D eigenvalue weighted by molar-refractivity contribution is 6.30. The number of hydrogen-bond acceptors (Lipinski definition) is 7. The number of ether oxygens (including phenoxy) is 1. The topological polar surface area (TPSA) is 128 Å². The lowest BCUT2D eigenvalue weighted by atomic mass is 10.2. The van der Waals surface area contributed by atoms with Crippen molar-refractivity contribution in [2.24, 2.45) is 5.92 Å². The molecule has 0 bridgehead atoms. The zero-order chi connectivity index (χ0) is 27.4. The molecule has 0 unspecified atom stereocenters. The number of halogens is 3. The van der Waals surface area contributed by atoms with Crippen molar-refractivity contribution in [2.45, 2.75) is 20.0 Å². The van der Waals surface area contributed by atoms with Crippen LogP contribution in [0.4, 0.5) is 20.4 Å². The summed E-state index contributed by atoms with van der Waals surface area (Å²) in [6, 6.07) is 14.6. The van der Waals surface area contributed by atoms with Gasteiger partial charge < -0.3 is 15.2 Å². The molecule has 0 amide bonds. The molecule has 2 heterocycles. The second kappa shape index (κ2) is 11.2. The maximum absolute atomic E-state index is 13.3. The van der Waals surface area contributed by atoms with Crippen molar-refractivity contribution in [1.29, 1.82) is 0 Å². The van der Waals surface area contributed by atoms with Gasteiger partial charge in [0, 0.05) is 29.4 Å². The number of nitrogens with zero attached hydrogens (tertiary/aromatic N) is 4. The summed E-state index contributed by atoms with van der Waals surface area (Å²) >= 11 is 5.95. The molecule has 0 saturated heterocycles. The summed E-state index contributed by atoms with van der Waals surface area (Å²) < 4.78 is 34.0. The van der Waals surface area contributed by atoms with Crippen LogP contribution in [-0.2, 0) is 17.9 Å². The van der Waals surface area contributed by atoms with E-state index in [1.807, 2.05) is 0 Å². The molecule has 0 spiro atoms. The smallest absolute Gasteiger partial charge is 0.354 e. The van der Waals surface area contributed by atoms with Crippen LogP contribution in [0.2, 0.25) is 5.02 Å². The number of aromatic nitrogens is 4. The van der Waals surface area contributed by atoms with E-state index in [0.717, 1.165) is 16.7 Å². The molecule has 38 heavy (non-hydrogen) atoms. The van der Waals surface area contributed by atoms with Crippen molar-refractivity contribution in [3.05, 3.63) is 104 Å². The second-order valence-corrected chi connectivity index (χ2v) is 8.70. The third-order valence-corrected chi connectivity index (χ3v) is 5.62. The predicted molar refractivity (Wildman–Crippen MR) is 134 cm³/mol. The highest BCUT2D eigenvalue weighted by Gasteiger charge is 2.19. The average molecular weight is 544 g/mol. The van der Waals surface area contributed by atoms with Crippen LogP contribution in [-0.4, -0.2) is 30.2 Å². The summed E-state index contributed by atoms with van der Waals surface area (Å²) in [5.41, 5.74) is -0.576. The number of benzene rings is 2. The zero-order valence-corrected chi connectivity index (χ0v) is 20.5. The van der Waals surface area contributed by atoms with Crippen LogP contribution in [0.3, 0.4) is 0 Å². The summed E-state index contributed by atoms with van der Waals surface area (Å²) in [5.74, 6) is -4.15. The van der Waals surface area contributed by atoms with Gasteiger partial charge in [0.15, 0.2) is 0 Å². The monoisotopic (exact) mass is 543 g/mol. The van der Waals surface area contributed by atoms with Crippen molar-refractivity contribution in [3.63, 3.8) is 0 Å². The normalized spacial score (nSPS) is 11.7. The highest BCUT2D eigenvalue weighted by atomic mass is 35.5. The fraction of sp³-hybridized carbons (Fsp3) is 0.160. The third-order valence-electron chi connectivity index (χ3n) is 5.36. The molecule has 0 saturated carbocycles. The molecule has 10 nitrogen and oxygen atoms in total. The van der Waals surface area contributed by atoms with E-state index in [1.165, 1.54) is 23.6 Å². The van der Waals surface area contributed by atoms with Crippen LogP contribution in [0, 0.1) is 17.8 Å². The molecular formula is C25H20ClF2N5O5. The van der Waals surface area contributed by atoms with E-state index in [9.17, 15) is 28.3 Å². The first-order chi connectivity index (χ1) is 18.1. The van der Waals surface area contributed by atoms with E-state index in [-0.39, 0.29) is 30.5 Å². The molecule has 0 aliphatic rings. The molecule has 0 fully saturated rings. The molecule has 4 rings (SSSR count). The first-order valence-corrected chi connectivity index (χ1v) is 11.5. The maximum Gasteiger partial charge on any atom is 0.354 e. The largest absolute Gasteiger partial charge is 0.481 e. The molecule has 13 heteroatoms. The molecule has 2 N–H and O–H groups in total. The van der Waals surface area contributed by atoms with E-state index >= 15 is 0 Å².